The third kappa shape index (κ3) is 4.39. The molecule has 0 spiro atoms. The van der Waals surface area contributed by atoms with Gasteiger partial charge < -0.3 is 9.47 Å². The van der Waals surface area contributed by atoms with Gasteiger partial charge in [0.15, 0.2) is 5.78 Å². The summed E-state index contributed by atoms with van der Waals surface area (Å²) in [5.74, 6) is 7.49. The van der Waals surface area contributed by atoms with E-state index in [4.69, 9.17) is 9.47 Å². The summed E-state index contributed by atoms with van der Waals surface area (Å²) in [7, 11) is 0. The number of ketones is 1. The second-order valence-electron chi connectivity index (χ2n) is 6.91. The fraction of sp³-hybridized carbons (Fsp3) is 0.348. The second kappa shape index (κ2) is 8.39. The molecule has 1 unspecified atom stereocenters. The minimum Gasteiger partial charge on any atom is -0.491 e. The van der Waals surface area contributed by atoms with E-state index in [0.717, 1.165) is 48.5 Å². The predicted octanol–water partition coefficient (Wildman–Crippen LogP) is 2.95. The standard InChI is InChI=1S/C23H23NO3/c25-22-12-11-21-20(22)9-4-10-23(21)27-17-19-16-24(14-15-26-19)13-5-8-18-6-2-1-3-7-18/h1-4,6-7,9-10,19H,11-17H2. The minimum atomic E-state index is 0.0187. The third-order valence-corrected chi connectivity index (χ3v) is 4.99. The van der Waals surface area contributed by atoms with Gasteiger partial charge in [0.1, 0.15) is 18.5 Å². The van der Waals surface area contributed by atoms with Crippen LogP contribution in [0, 0.1) is 11.8 Å². The van der Waals surface area contributed by atoms with Crippen LogP contribution < -0.4 is 4.74 Å². The highest BCUT2D eigenvalue weighted by Crippen LogP contribution is 2.30. The highest BCUT2D eigenvalue weighted by Gasteiger charge is 2.24. The average Bonchev–Trinajstić information content (AvgIpc) is 3.09. The number of rotatable bonds is 4. The minimum absolute atomic E-state index is 0.0187. The fourth-order valence-corrected chi connectivity index (χ4v) is 3.58. The zero-order valence-electron chi connectivity index (χ0n) is 15.3. The fourth-order valence-electron chi connectivity index (χ4n) is 3.58. The summed E-state index contributed by atoms with van der Waals surface area (Å²) >= 11 is 0. The number of nitrogens with zero attached hydrogens (tertiary/aromatic N) is 1. The Morgan fingerprint density at radius 1 is 1.11 bits per heavy atom. The van der Waals surface area contributed by atoms with Crippen molar-refractivity contribution in [3.8, 4) is 17.6 Å². The predicted molar refractivity (Wildman–Crippen MR) is 104 cm³/mol. The van der Waals surface area contributed by atoms with Gasteiger partial charge in [0.25, 0.3) is 0 Å². The van der Waals surface area contributed by atoms with Gasteiger partial charge in [-0.25, -0.2) is 0 Å². The summed E-state index contributed by atoms with van der Waals surface area (Å²) in [4.78, 5) is 14.2. The molecule has 2 aromatic rings. The van der Waals surface area contributed by atoms with Crippen LogP contribution in [0.25, 0.3) is 0 Å². The smallest absolute Gasteiger partial charge is 0.163 e. The molecule has 0 amide bonds. The van der Waals surface area contributed by atoms with Gasteiger partial charge in [-0.15, -0.1) is 0 Å². The van der Waals surface area contributed by atoms with Crippen LogP contribution in [0.15, 0.2) is 48.5 Å². The van der Waals surface area contributed by atoms with Gasteiger partial charge in [0.05, 0.1) is 13.2 Å². The van der Waals surface area contributed by atoms with Crippen molar-refractivity contribution in [2.45, 2.75) is 18.9 Å². The molecule has 0 bridgehead atoms. The zero-order chi connectivity index (χ0) is 18.5. The quantitative estimate of drug-likeness (QED) is 0.785. The van der Waals surface area contributed by atoms with Crippen molar-refractivity contribution in [1.82, 2.24) is 4.90 Å². The first-order valence-electron chi connectivity index (χ1n) is 9.45. The summed E-state index contributed by atoms with van der Waals surface area (Å²) in [5.41, 5.74) is 2.90. The van der Waals surface area contributed by atoms with Crippen LogP contribution in [-0.2, 0) is 11.2 Å². The van der Waals surface area contributed by atoms with E-state index in [1.165, 1.54) is 0 Å². The van der Waals surface area contributed by atoms with Crippen LogP contribution in [-0.4, -0.2) is 49.6 Å². The number of hydrogen-bond donors (Lipinski definition) is 0. The summed E-state index contributed by atoms with van der Waals surface area (Å²) in [6.45, 7) is 3.59. The van der Waals surface area contributed by atoms with Gasteiger partial charge in [-0.2, -0.15) is 0 Å². The van der Waals surface area contributed by atoms with Gasteiger partial charge in [-0.1, -0.05) is 42.2 Å². The van der Waals surface area contributed by atoms with E-state index in [9.17, 15) is 4.79 Å². The largest absolute Gasteiger partial charge is 0.491 e. The van der Waals surface area contributed by atoms with E-state index in [2.05, 4.69) is 16.7 Å². The van der Waals surface area contributed by atoms with Crippen LogP contribution in [0.3, 0.4) is 0 Å². The van der Waals surface area contributed by atoms with Crippen molar-refractivity contribution >= 4 is 5.78 Å². The molecule has 4 heteroatoms. The van der Waals surface area contributed by atoms with Crippen molar-refractivity contribution in [2.24, 2.45) is 0 Å². The van der Waals surface area contributed by atoms with Crippen molar-refractivity contribution in [3.63, 3.8) is 0 Å². The molecular formula is C23H23NO3. The first-order valence-corrected chi connectivity index (χ1v) is 9.45. The summed E-state index contributed by atoms with van der Waals surface area (Å²) < 4.78 is 11.9. The van der Waals surface area contributed by atoms with E-state index in [1.54, 1.807) is 0 Å². The molecule has 2 aromatic carbocycles. The lowest BCUT2D eigenvalue weighted by atomic mass is 10.1. The lowest BCUT2D eigenvalue weighted by Crippen LogP contribution is -2.45. The molecule has 2 aliphatic rings. The molecule has 0 saturated carbocycles. The molecule has 4 rings (SSSR count). The number of fused-ring (bicyclic) bond motifs is 1. The van der Waals surface area contributed by atoms with Gasteiger partial charge >= 0.3 is 0 Å². The normalized spacial score (nSPS) is 19.3. The molecule has 1 saturated heterocycles. The van der Waals surface area contributed by atoms with Gasteiger partial charge in [0.2, 0.25) is 0 Å². The Hall–Kier alpha value is -2.61. The molecule has 0 N–H and O–H groups in total. The Bertz CT molecular complexity index is 866. The van der Waals surface area contributed by atoms with Crippen LogP contribution in [0.5, 0.6) is 5.75 Å². The summed E-state index contributed by atoms with van der Waals surface area (Å²) in [6.07, 6.45) is 1.38. The van der Waals surface area contributed by atoms with Crippen molar-refractivity contribution in [1.29, 1.82) is 0 Å². The van der Waals surface area contributed by atoms with Crippen molar-refractivity contribution in [2.75, 3.05) is 32.8 Å². The topological polar surface area (TPSA) is 38.8 Å². The van der Waals surface area contributed by atoms with Gasteiger partial charge in [-0.05, 0) is 24.6 Å². The Morgan fingerprint density at radius 3 is 2.89 bits per heavy atom. The number of ether oxygens (including phenoxy) is 2. The number of benzene rings is 2. The molecule has 1 fully saturated rings. The Morgan fingerprint density at radius 2 is 2.00 bits per heavy atom. The number of morpholine rings is 1. The van der Waals surface area contributed by atoms with E-state index in [-0.39, 0.29) is 11.9 Å². The van der Waals surface area contributed by atoms with Crippen molar-refractivity contribution in [3.05, 3.63) is 65.2 Å². The highest BCUT2D eigenvalue weighted by molar-refractivity contribution is 6.01. The summed E-state index contributed by atoms with van der Waals surface area (Å²) in [6, 6.07) is 15.8. The molecule has 1 aliphatic carbocycles. The van der Waals surface area contributed by atoms with Gasteiger partial charge in [0, 0.05) is 36.2 Å². The van der Waals surface area contributed by atoms with E-state index >= 15 is 0 Å². The number of carbonyl (C=O) groups excluding carboxylic acids is 1. The first-order chi connectivity index (χ1) is 13.3. The maximum absolute atomic E-state index is 11.9. The molecule has 1 heterocycles. The highest BCUT2D eigenvalue weighted by atomic mass is 16.5. The molecule has 0 radical (unpaired) electrons. The lowest BCUT2D eigenvalue weighted by molar-refractivity contribution is -0.0441. The molecule has 27 heavy (non-hydrogen) atoms. The Kier molecular flexibility index (Phi) is 5.53. The molecular weight excluding hydrogens is 338 g/mol. The number of carbonyl (C=O) groups is 1. The monoisotopic (exact) mass is 361 g/mol. The van der Waals surface area contributed by atoms with Crippen LogP contribution in [0.1, 0.15) is 27.9 Å². The van der Waals surface area contributed by atoms with Crippen LogP contribution >= 0.6 is 0 Å². The Labute approximate surface area is 160 Å². The first kappa shape index (κ1) is 17.8. The number of Topliss-reactive ketones (excluding diaryl/α,β-unsaturated/α-hetero) is 1. The zero-order valence-corrected chi connectivity index (χ0v) is 15.3. The van der Waals surface area contributed by atoms with Crippen LogP contribution in [0.4, 0.5) is 0 Å². The second-order valence-corrected chi connectivity index (χ2v) is 6.91. The third-order valence-electron chi connectivity index (χ3n) is 4.99. The summed E-state index contributed by atoms with van der Waals surface area (Å²) in [5, 5.41) is 0. The molecule has 0 aromatic heterocycles. The molecule has 1 aliphatic heterocycles. The Balaban J connectivity index is 1.31. The lowest BCUT2D eigenvalue weighted by Gasteiger charge is -2.31. The van der Waals surface area contributed by atoms with E-state index < -0.39 is 0 Å². The molecule has 4 nitrogen and oxygen atoms in total. The van der Waals surface area contributed by atoms with E-state index in [0.29, 0.717) is 19.6 Å². The molecule has 1 atom stereocenters. The molecule has 138 valence electrons. The average molecular weight is 361 g/mol. The SMILES string of the molecule is O=C1CCc2c(OCC3CN(CC#Cc4ccccc4)CCO3)cccc21. The van der Waals surface area contributed by atoms with Crippen LogP contribution in [0.2, 0.25) is 0 Å². The van der Waals surface area contributed by atoms with Crippen molar-refractivity contribution < 1.29 is 14.3 Å². The maximum atomic E-state index is 11.9. The van der Waals surface area contributed by atoms with Gasteiger partial charge in [-0.3, -0.25) is 9.69 Å². The maximum Gasteiger partial charge on any atom is 0.163 e. The van der Waals surface area contributed by atoms with E-state index in [1.807, 2.05) is 48.5 Å². The number of hydrogen-bond acceptors (Lipinski definition) is 4.